The molecular formula is C12H20O11. The molecule has 0 unspecified atom stereocenters. The minimum Gasteiger partial charge on any atom is -0.394 e. The highest BCUT2D eigenvalue weighted by Gasteiger charge is 2.49. The first kappa shape index (κ1) is 18.6. The lowest BCUT2D eigenvalue weighted by Crippen LogP contribution is -2.62. The number of carbonyl (C=O) groups is 1. The van der Waals surface area contributed by atoms with Crippen molar-refractivity contribution in [2.45, 2.75) is 55.3 Å². The first-order valence-corrected chi connectivity index (χ1v) is 6.94. The van der Waals surface area contributed by atoms with Crippen molar-refractivity contribution >= 4 is 5.78 Å². The molecule has 0 spiro atoms. The molecule has 0 aliphatic carbocycles. The van der Waals surface area contributed by atoms with Gasteiger partial charge in [-0.2, -0.15) is 0 Å². The third-order valence-electron chi connectivity index (χ3n) is 3.80. The topological polar surface area (TPSA) is 186 Å². The summed E-state index contributed by atoms with van der Waals surface area (Å²) in [7, 11) is 0. The van der Waals surface area contributed by atoms with E-state index < -0.39 is 74.3 Å². The Morgan fingerprint density at radius 2 is 1.35 bits per heavy atom. The van der Waals surface area contributed by atoms with Crippen LogP contribution in [0.2, 0.25) is 0 Å². The molecule has 11 heteroatoms. The van der Waals surface area contributed by atoms with E-state index in [0.29, 0.717) is 0 Å². The van der Waals surface area contributed by atoms with E-state index >= 15 is 0 Å². The summed E-state index contributed by atoms with van der Waals surface area (Å²) in [6.45, 7) is -1.41. The van der Waals surface area contributed by atoms with Crippen molar-refractivity contribution in [3.8, 4) is 0 Å². The van der Waals surface area contributed by atoms with Crippen molar-refractivity contribution in [3.63, 3.8) is 0 Å². The number of ether oxygens (including phenoxy) is 3. The van der Waals surface area contributed by atoms with E-state index in [0.717, 1.165) is 0 Å². The van der Waals surface area contributed by atoms with E-state index in [2.05, 4.69) is 0 Å². The van der Waals surface area contributed by atoms with E-state index in [1.54, 1.807) is 0 Å². The van der Waals surface area contributed by atoms with Crippen LogP contribution in [0, 0.1) is 0 Å². The van der Waals surface area contributed by atoms with Crippen LogP contribution in [0.4, 0.5) is 0 Å². The molecule has 0 saturated carbocycles. The van der Waals surface area contributed by atoms with E-state index in [1.165, 1.54) is 0 Å². The zero-order chi connectivity index (χ0) is 17.3. The maximum Gasteiger partial charge on any atom is 0.197 e. The molecule has 2 aliphatic heterocycles. The maximum absolute atomic E-state index is 11.7. The Morgan fingerprint density at radius 3 is 1.91 bits per heavy atom. The summed E-state index contributed by atoms with van der Waals surface area (Å²) in [4.78, 5) is 11.7. The lowest BCUT2D eigenvalue weighted by Gasteiger charge is -2.42. The van der Waals surface area contributed by atoms with Crippen LogP contribution >= 0.6 is 0 Å². The van der Waals surface area contributed by atoms with Gasteiger partial charge in [0.05, 0.1) is 13.2 Å². The number of aliphatic hydroxyl groups excluding tert-OH is 7. The summed E-state index contributed by atoms with van der Waals surface area (Å²) in [5, 5.41) is 66.4. The van der Waals surface area contributed by atoms with Crippen molar-refractivity contribution in [1.29, 1.82) is 0 Å². The molecule has 2 fully saturated rings. The summed E-state index contributed by atoms with van der Waals surface area (Å²) >= 11 is 0. The first-order valence-electron chi connectivity index (χ1n) is 6.94. The van der Waals surface area contributed by atoms with Crippen molar-refractivity contribution < 1.29 is 54.8 Å². The predicted molar refractivity (Wildman–Crippen MR) is 67.6 cm³/mol. The van der Waals surface area contributed by atoms with Crippen LogP contribution in [0.25, 0.3) is 0 Å². The van der Waals surface area contributed by atoms with Gasteiger partial charge in [0, 0.05) is 0 Å². The fourth-order valence-electron chi connectivity index (χ4n) is 2.37. The average Bonchev–Trinajstić information content (AvgIpc) is 2.55. The first-order chi connectivity index (χ1) is 10.8. The smallest absolute Gasteiger partial charge is 0.197 e. The Balaban J connectivity index is 2.09. The van der Waals surface area contributed by atoms with E-state index in [4.69, 9.17) is 24.4 Å². The van der Waals surface area contributed by atoms with Gasteiger partial charge >= 0.3 is 0 Å². The molecule has 2 aliphatic rings. The standard InChI is InChI=1S/C12H20O11/c13-1-3-5(15)7(17)9(19)11(21-3)23-12-10(20)8(18)6(16)4(2-14)22-12/h3-7,9-17,19-20H,1-2H2/t3-,4-,5-,6-,7+,9-,10-,11-,12-/m1/s1. The summed E-state index contributed by atoms with van der Waals surface area (Å²) in [6, 6.07) is 0. The summed E-state index contributed by atoms with van der Waals surface area (Å²) in [6.07, 6.45) is -14.6. The number of aliphatic hydroxyl groups is 7. The number of ketones is 1. The Morgan fingerprint density at radius 1 is 0.783 bits per heavy atom. The van der Waals surface area contributed by atoms with Gasteiger partial charge in [-0.05, 0) is 0 Å². The maximum atomic E-state index is 11.7. The number of hydrogen-bond acceptors (Lipinski definition) is 11. The minimum absolute atomic E-state index is 0.685. The average molecular weight is 340 g/mol. The monoisotopic (exact) mass is 340 g/mol. The fraction of sp³-hybridized carbons (Fsp3) is 0.917. The Kier molecular flexibility index (Phi) is 6.02. The van der Waals surface area contributed by atoms with Crippen LogP contribution in [0.3, 0.4) is 0 Å². The molecule has 0 amide bonds. The molecule has 0 bridgehead atoms. The van der Waals surface area contributed by atoms with E-state index in [-0.39, 0.29) is 0 Å². The molecule has 7 N–H and O–H groups in total. The van der Waals surface area contributed by atoms with Crippen molar-refractivity contribution in [3.05, 3.63) is 0 Å². The minimum atomic E-state index is -1.92. The fourth-order valence-corrected chi connectivity index (χ4v) is 2.37. The van der Waals surface area contributed by atoms with Crippen molar-refractivity contribution in [2.75, 3.05) is 13.2 Å². The van der Waals surface area contributed by atoms with Gasteiger partial charge in [0.25, 0.3) is 0 Å². The lowest BCUT2D eigenvalue weighted by atomic mass is 9.99. The van der Waals surface area contributed by atoms with Gasteiger partial charge < -0.3 is 50.0 Å². The highest BCUT2D eigenvalue weighted by molar-refractivity contribution is 5.88. The summed E-state index contributed by atoms with van der Waals surface area (Å²) in [5.74, 6) is -1.05. The van der Waals surface area contributed by atoms with Crippen molar-refractivity contribution in [1.82, 2.24) is 0 Å². The highest BCUT2D eigenvalue weighted by Crippen LogP contribution is 2.26. The van der Waals surface area contributed by atoms with Gasteiger partial charge in [0.2, 0.25) is 0 Å². The third-order valence-corrected chi connectivity index (χ3v) is 3.80. The van der Waals surface area contributed by atoms with Crippen LogP contribution < -0.4 is 0 Å². The number of carbonyl (C=O) groups excluding carboxylic acids is 1. The van der Waals surface area contributed by atoms with Gasteiger partial charge in [0.1, 0.15) is 36.6 Å². The Labute approximate surface area is 130 Å². The molecule has 2 heterocycles. The van der Waals surface area contributed by atoms with Crippen LogP contribution in [-0.2, 0) is 19.0 Å². The van der Waals surface area contributed by atoms with Gasteiger partial charge in [-0.1, -0.05) is 0 Å². The molecule has 134 valence electrons. The van der Waals surface area contributed by atoms with Gasteiger partial charge in [-0.3, -0.25) is 4.79 Å². The Hall–Kier alpha value is -0.730. The second kappa shape index (κ2) is 7.44. The van der Waals surface area contributed by atoms with Gasteiger partial charge in [0.15, 0.2) is 24.5 Å². The SMILES string of the molecule is O=C1[C@@H](O)[C@@H](O[C@H]2O[C@H](CO)[C@@H](O)[C@H](O)[C@H]2O)O[C@H](CO)[C@H]1O. The largest absolute Gasteiger partial charge is 0.394 e. The summed E-state index contributed by atoms with van der Waals surface area (Å²) in [5.41, 5.74) is 0. The predicted octanol–water partition coefficient (Wildman–Crippen LogP) is -5.19. The second-order valence-electron chi connectivity index (χ2n) is 5.35. The molecule has 2 rings (SSSR count). The molecule has 0 radical (unpaired) electrons. The summed E-state index contributed by atoms with van der Waals surface area (Å²) < 4.78 is 15.2. The lowest BCUT2D eigenvalue weighted by molar-refractivity contribution is -0.358. The van der Waals surface area contributed by atoms with E-state index in [9.17, 15) is 30.3 Å². The van der Waals surface area contributed by atoms with E-state index in [1.807, 2.05) is 0 Å². The number of Topliss-reactive ketones (excluding diaryl/α,β-unsaturated/α-hetero) is 1. The van der Waals surface area contributed by atoms with Crippen LogP contribution in [0.15, 0.2) is 0 Å². The Bertz CT molecular complexity index is 416. The molecule has 11 nitrogen and oxygen atoms in total. The van der Waals surface area contributed by atoms with Crippen LogP contribution in [-0.4, -0.2) is 110 Å². The zero-order valence-corrected chi connectivity index (χ0v) is 11.9. The van der Waals surface area contributed by atoms with Crippen LogP contribution in [0.5, 0.6) is 0 Å². The van der Waals surface area contributed by atoms with Gasteiger partial charge in [-0.25, -0.2) is 0 Å². The third kappa shape index (κ3) is 3.53. The normalized spacial score (nSPS) is 48.5. The second-order valence-corrected chi connectivity index (χ2v) is 5.35. The molecule has 2 saturated heterocycles. The molecular weight excluding hydrogens is 320 g/mol. The number of rotatable bonds is 4. The van der Waals surface area contributed by atoms with Crippen molar-refractivity contribution in [2.24, 2.45) is 0 Å². The molecule has 0 aromatic rings. The zero-order valence-electron chi connectivity index (χ0n) is 11.9. The molecule has 0 aromatic carbocycles. The van der Waals surface area contributed by atoms with Crippen LogP contribution in [0.1, 0.15) is 0 Å². The molecule has 23 heavy (non-hydrogen) atoms. The highest BCUT2D eigenvalue weighted by atomic mass is 16.8. The quantitative estimate of drug-likeness (QED) is 0.259. The number of hydrogen-bond donors (Lipinski definition) is 7. The van der Waals surface area contributed by atoms with Gasteiger partial charge in [-0.15, -0.1) is 0 Å². The molecule has 9 atom stereocenters. The molecule has 0 aromatic heterocycles.